The number of amides is 2. The molecule has 2 amide bonds. The van der Waals surface area contributed by atoms with E-state index in [2.05, 4.69) is 5.32 Å². The fourth-order valence-electron chi connectivity index (χ4n) is 3.72. The van der Waals surface area contributed by atoms with E-state index in [-0.39, 0.29) is 27.2 Å². The average molecular weight is 631 g/mol. The van der Waals surface area contributed by atoms with Crippen molar-refractivity contribution in [2.24, 2.45) is 0 Å². The molecule has 39 heavy (non-hydrogen) atoms. The van der Waals surface area contributed by atoms with Gasteiger partial charge in [0.15, 0.2) is 0 Å². The maximum absolute atomic E-state index is 13.9. The van der Waals surface area contributed by atoms with Gasteiger partial charge < -0.3 is 10.2 Å². The third-order valence-corrected chi connectivity index (χ3v) is 8.77. The standard InChI is InChI=1S/C27H27Cl4N3O4S/c1-3-13-32-27(36)18(2)33(16-19-9-10-20(28)14-24(19)31)26(35)17-34(25-15-21(29)11-12-23(25)30)39(37,38)22-7-5-4-6-8-22/h4-12,14-15,18H,3,13,16-17H2,1-2H3,(H,32,36)/t18-/m0/s1. The topological polar surface area (TPSA) is 86.8 Å². The Morgan fingerprint density at radius 1 is 0.897 bits per heavy atom. The van der Waals surface area contributed by atoms with Crippen molar-refractivity contribution in [3.8, 4) is 0 Å². The summed E-state index contributed by atoms with van der Waals surface area (Å²) in [5.74, 6) is -1.05. The molecule has 1 atom stereocenters. The van der Waals surface area contributed by atoms with E-state index in [0.717, 1.165) is 4.31 Å². The van der Waals surface area contributed by atoms with Gasteiger partial charge in [0.2, 0.25) is 11.8 Å². The second kappa shape index (κ2) is 13.7. The summed E-state index contributed by atoms with van der Waals surface area (Å²) >= 11 is 25.0. The van der Waals surface area contributed by atoms with Crippen molar-refractivity contribution in [1.82, 2.24) is 10.2 Å². The molecule has 0 spiro atoms. The molecular formula is C27H27Cl4N3O4S. The van der Waals surface area contributed by atoms with Crippen LogP contribution in [0.15, 0.2) is 71.6 Å². The van der Waals surface area contributed by atoms with Crippen molar-refractivity contribution in [3.05, 3.63) is 92.4 Å². The fraction of sp³-hybridized carbons (Fsp3) is 0.259. The smallest absolute Gasteiger partial charge is 0.264 e. The van der Waals surface area contributed by atoms with Gasteiger partial charge in [0.05, 0.1) is 15.6 Å². The number of rotatable bonds is 11. The molecule has 0 saturated carbocycles. The van der Waals surface area contributed by atoms with Crippen LogP contribution < -0.4 is 9.62 Å². The van der Waals surface area contributed by atoms with Gasteiger partial charge in [-0.3, -0.25) is 13.9 Å². The van der Waals surface area contributed by atoms with Gasteiger partial charge in [-0.05, 0) is 61.4 Å². The Kier molecular flexibility index (Phi) is 10.9. The first-order valence-corrected chi connectivity index (χ1v) is 14.9. The molecule has 3 aromatic rings. The first kappa shape index (κ1) is 31.0. The molecule has 208 valence electrons. The predicted octanol–water partition coefficient (Wildman–Crippen LogP) is 6.44. The van der Waals surface area contributed by atoms with Gasteiger partial charge in [-0.15, -0.1) is 0 Å². The second-order valence-corrected chi connectivity index (χ2v) is 12.2. The van der Waals surface area contributed by atoms with E-state index in [0.29, 0.717) is 28.6 Å². The SMILES string of the molecule is CCCNC(=O)[C@H](C)N(Cc1ccc(Cl)cc1Cl)C(=O)CN(c1cc(Cl)ccc1Cl)S(=O)(=O)c1ccccc1. The molecule has 0 fully saturated rings. The third kappa shape index (κ3) is 7.80. The van der Waals surface area contributed by atoms with E-state index < -0.39 is 34.4 Å². The van der Waals surface area contributed by atoms with Crippen LogP contribution in [-0.4, -0.2) is 44.3 Å². The number of nitrogens with one attached hydrogen (secondary N) is 1. The summed E-state index contributed by atoms with van der Waals surface area (Å²) in [4.78, 5) is 28.0. The first-order valence-electron chi connectivity index (χ1n) is 12.0. The predicted molar refractivity (Wildman–Crippen MR) is 157 cm³/mol. The van der Waals surface area contributed by atoms with Gasteiger partial charge in [-0.25, -0.2) is 8.42 Å². The van der Waals surface area contributed by atoms with Crippen molar-refractivity contribution >= 4 is 73.9 Å². The summed E-state index contributed by atoms with van der Waals surface area (Å²) < 4.78 is 28.5. The number of carbonyl (C=O) groups excluding carboxylic acids is 2. The molecule has 0 radical (unpaired) electrons. The zero-order valence-electron chi connectivity index (χ0n) is 21.2. The summed E-state index contributed by atoms with van der Waals surface area (Å²) in [5, 5.41) is 3.79. The Morgan fingerprint density at radius 3 is 2.18 bits per heavy atom. The van der Waals surface area contributed by atoms with Crippen LogP contribution in [0.4, 0.5) is 5.69 Å². The number of benzene rings is 3. The van der Waals surface area contributed by atoms with Gasteiger partial charge >= 0.3 is 0 Å². The van der Waals surface area contributed by atoms with Crippen molar-refractivity contribution in [2.45, 2.75) is 37.8 Å². The van der Waals surface area contributed by atoms with Crippen LogP contribution >= 0.6 is 46.4 Å². The normalized spacial score (nSPS) is 12.1. The van der Waals surface area contributed by atoms with Crippen molar-refractivity contribution in [3.63, 3.8) is 0 Å². The van der Waals surface area contributed by atoms with Crippen molar-refractivity contribution in [2.75, 3.05) is 17.4 Å². The van der Waals surface area contributed by atoms with E-state index >= 15 is 0 Å². The van der Waals surface area contributed by atoms with Crippen LogP contribution in [0.2, 0.25) is 20.1 Å². The zero-order chi connectivity index (χ0) is 28.7. The molecule has 0 saturated heterocycles. The van der Waals surface area contributed by atoms with Crippen LogP contribution in [0.1, 0.15) is 25.8 Å². The zero-order valence-corrected chi connectivity index (χ0v) is 25.0. The highest BCUT2D eigenvalue weighted by Crippen LogP contribution is 2.33. The molecule has 0 aromatic heterocycles. The molecule has 12 heteroatoms. The number of hydrogen-bond acceptors (Lipinski definition) is 4. The van der Waals surface area contributed by atoms with E-state index in [9.17, 15) is 18.0 Å². The molecule has 1 N–H and O–H groups in total. The van der Waals surface area contributed by atoms with E-state index in [1.165, 1.54) is 41.3 Å². The monoisotopic (exact) mass is 629 g/mol. The van der Waals surface area contributed by atoms with E-state index in [1.54, 1.807) is 37.3 Å². The van der Waals surface area contributed by atoms with Crippen molar-refractivity contribution in [1.29, 1.82) is 0 Å². The molecule has 3 rings (SSSR count). The minimum Gasteiger partial charge on any atom is -0.354 e. The summed E-state index contributed by atoms with van der Waals surface area (Å²) in [5.41, 5.74) is 0.553. The average Bonchev–Trinajstić information content (AvgIpc) is 2.91. The minimum absolute atomic E-state index is 0.0222. The summed E-state index contributed by atoms with van der Waals surface area (Å²) in [6.07, 6.45) is 0.700. The van der Waals surface area contributed by atoms with Gasteiger partial charge in [0.1, 0.15) is 12.6 Å². The Labute approximate surface area is 248 Å². The molecule has 0 unspecified atom stereocenters. The summed E-state index contributed by atoms with van der Waals surface area (Å²) in [6, 6.07) is 15.8. The number of halogens is 4. The van der Waals surface area contributed by atoms with Crippen molar-refractivity contribution < 1.29 is 18.0 Å². The largest absolute Gasteiger partial charge is 0.354 e. The molecule has 0 aliphatic carbocycles. The fourth-order valence-corrected chi connectivity index (χ4v) is 6.07. The summed E-state index contributed by atoms with van der Waals surface area (Å²) in [6.45, 7) is 3.16. The lowest BCUT2D eigenvalue weighted by Crippen LogP contribution is -2.51. The molecule has 0 bridgehead atoms. The lowest BCUT2D eigenvalue weighted by atomic mass is 10.1. The van der Waals surface area contributed by atoms with E-state index in [4.69, 9.17) is 46.4 Å². The Morgan fingerprint density at radius 2 is 1.54 bits per heavy atom. The summed E-state index contributed by atoms with van der Waals surface area (Å²) in [7, 11) is -4.27. The van der Waals surface area contributed by atoms with Gasteiger partial charge in [0.25, 0.3) is 10.0 Å². The van der Waals surface area contributed by atoms with Crippen LogP contribution in [-0.2, 0) is 26.2 Å². The number of nitrogens with zero attached hydrogens (tertiary/aromatic N) is 2. The highest BCUT2D eigenvalue weighted by Gasteiger charge is 2.33. The van der Waals surface area contributed by atoms with Gasteiger partial charge in [0, 0.05) is 28.2 Å². The van der Waals surface area contributed by atoms with E-state index in [1.807, 2.05) is 6.92 Å². The lowest BCUT2D eigenvalue weighted by Gasteiger charge is -2.32. The maximum Gasteiger partial charge on any atom is 0.264 e. The second-order valence-electron chi connectivity index (χ2n) is 8.64. The van der Waals surface area contributed by atoms with Gasteiger partial charge in [-0.1, -0.05) is 77.6 Å². The maximum atomic E-state index is 13.9. The quantitative estimate of drug-likeness (QED) is 0.264. The number of hydrogen-bond donors (Lipinski definition) is 1. The van der Waals surface area contributed by atoms with Crippen LogP contribution in [0.3, 0.4) is 0 Å². The Hall–Kier alpha value is -2.49. The van der Waals surface area contributed by atoms with Crippen LogP contribution in [0.25, 0.3) is 0 Å². The van der Waals surface area contributed by atoms with Gasteiger partial charge in [-0.2, -0.15) is 0 Å². The third-order valence-electron chi connectivity index (χ3n) is 5.86. The first-order chi connectivity index (χ1) is 18.4. The van der Waals surface area contributed by atoms with Crippen LogP contribution in [0.5, 0.6) is 0 Å². The Bertz CT molecular complexity index is 1440. The minimum atomic E-state index is -4.27. The number of sulfonamides is 1. The molecular weight excluding hydrogens is 604 g/mol. The van der Waals surface area contributed by atoms with Crippen LogP contribution in [0, 0.1) is 0 Å². The number of anilines is 1. The lowest BCUT2D eigenvalue weighted by molar-refractivity contribution is -0.139. The highest BCUT2D eigenvalue weighted by molar-refractivity contribution is 7.92. The number of carbonyl (C=O) groups is 2. The molecule has 0 aliphatic heterocycles. The molecule has 0 aliphatic rings. The molecule has 7 nitrogen and oxygen atoms in total. The Balaban J connectivity index is 2.07. The highest BCUT2D eigenvalue weighted by atomic mass is 35.5. The molecule has 0 heterocycles. The molecule has 3 aromatic carbocycles.